The molecular formula is C27H24N2O5S. The van der Waals surface area contributed by atoms with Gasteiger partial charge in [-0.15, -0.1) is 11.8 Å². The number of thioether (sulfide) groups is 1. The van der Waals surface area contributed by atoms with Crippen molar-refractivity contribution in [1.29, 1.82) is 0 Å². The number of fused-ring (bicyclic) bond motifs is 3. The summed E-state index contributed by atoms with van der Waals surface area (Å²) in [6, 6.07) is 22.8. The molecular weight excluding hydrogens is 464 g/mol. The Morgan fingerprint density at radius 1 is 0.943 bits per heavy atom. The maximum absolute atomic E-state index is 12.8. The van der Waals surface area contributed by atoms with E-state index in [0.717, 1.165) is 11.1 Å². The summed E-state index contributed by atoms with van der Waals surface area (Å²) in [5.41, 5.74) is 5.57. The van der Waals surface area contributed by atoms with E-state index in [0.29, 0.717) is 23.5 Å². The lowest BCUT2D eigenvalue weighted by atomic mass is 9.98. The molecule has 3 aromatic carbocycles. The summed E-state index contributed by atoms with van der Waals surface area (Å²) in [7, 11) is 0. The van der Waals surface area contributed by atoms with Crippen LogP contribution in [0.5, 0.6) is 0 Å². The number of benzene rings is 3. The molecule has 2 amide bonds. The molecule has 2 N–H and O–H groups in total. The van der Waals surface area contributed by atoms with Gasteiger partial charge in [-0.25, -0.2) is 4.79 Å². The number of rotatable bonds is 5. The highest BCUT2D eigenvalue weighted by molar-refractivity contribution is 8.00. The highest BCUT2D eigenvalue weighted by Crippen LogP contribution is 2.44. The molecule has 8 heteroatoms. The number of aliphatic carboxylic acids is 1. The molecule has 1 heterocycles. The predicted molar refractivity (Wildman–Crippen MR) is 135 cm³/mol. The number of nitrogens with one attached hydrogen (secondary N) is 1. The van der Waals surface area contributed by atoms with Crippen molar-refractivity contribution in [2.45, 2.75) is 11.2 Å². The Morgan fingerprint density at radius 3 is 2.20 bits per heavy atom. The third-order valence-corrected chi connectivity index (χ3v) is 7.52. The normalized spacial score (nSPS) is 16.8. The van der Waals surface area contributed by atoms with Crippen molar-refractivity contribution >= 4 is 35.4 Å². The van der Waals surface area contributed by atoms with E-state index in [-0.39, 0.29) is 25.0 Å². The Morgan fingerprint density at radius 2 is 1.57 bits per heavy atom. The summed E-state index contributed by atoms with van der Waals surface area (Å²) in [6.45, 7) is 0.903. The Hall–Kier alpha value is -3.78. The molecule has 0 aromatic heterocycles. The molecule has 1 unspecified atom stereocenters. The second kappa shape index (κ2) is 9.84. The van der Waals surface area contributed by atoms with Crippen LogP contribution in [0.25, 0.3) is 11.1 Å². The van der Waals surface area contributed by atoms with Gasteiger partial charge in [0.15, 0.2) is 0 Å². The quantitative estimate of drug-likeness (QED) is 0.541. The Kier molecular flexibility index (Phi) is 6.46. The van der Waals surface area contributed by atoms with Gasteiger partial charge in [0.05, 0.1) is 0 Å². The maximum Gasteiger partial charge on any atom is 0.411 e. The second-order valence-electron chi connectivity index (χ2n) is 8.48. The smallest absolute Gasteiger partial charge is 0.411 e. The molecule has 1 atom stereocenters. The minimum atomic E-state index is -0.907. The fraction of sp³-hybridized carbons (Fsp3) is 0.222. The Bertz CT molecular complexity index is 1230. The third-order valence-electron chi connectivity index (χ3n) is 6.35. The van der Waals surface area contributed by atoms with Crippen LogP contribution >= 0.6 is 11.8 Å². The van der Waals surface area contributed by atoms with Crippen molar-refractivity contribution in [2.75, 3.05) is 30.8 Å². The fourth-order valence-electron chi connectivity index (χ4n) is 4.61. The molecule has 0 radical (unpaired) electrons. The number of carboxylic acids is 1. The van der Waals surface area contributed by atoms with E-state index in [1.165, 1.54) is 22.9 Å². The zero-order chi connectivity index (χ0) is 24.4. The van der Waals surface area contributed by atoms with E-state index in [9.17, 15) is 19.5 Å². The van der Waals surface area contributed by atoms with Gasteiger partial charge in [-0.1, -0.05) is 48.5 Å². The largest absolute Gasteiger partial charge is 0.480 e. The number of carbonyl (C=O) groups excluding carboxylic acids is 2. The van der Waals surface area contributed by atoms with Crippen LogP contribution in [0.2, 0.25) is 0 Å². The number of hydrogen-bond donors (Lipinski definition) is 2. The lowest BCUT2D eigenvalue weighted by Crippen LogP contribution is -2.44. The molecule has 1 aliphatic heterocycles. The molecule has 35 heavy (non-hydrogen) atoms. The summed E-state index contributed by atoms with van der Waals surface area (Å²) in [5.74, 6) is -0.561. The number of nitrogens with zero attached hydrogens (tertiary/aromatic N) is 1. The summed E-state index contributed by atoms with van der Waals surface area (Å²) < 4.78 is 5.57. The lowest BCUT2D eigenvalue weighted by molar-refractivity contribution is -0.136. The van der Waals surface area contributed by atoms with Gasteiger partial charge in [0.25, 0.3) is 5.91 Å². The number of anilines is 1. The first-order chi connectivity index (χ1) is 17.0. The van der Waals surface area contributed by atoms with Crippen LogP contribution in [-0.4, -0.2) is 58.7 Å². The molecule has 0 bridgehead atoms. The van der Waals surface area contributed by atoms with Crippen molar-refractivity contribution < 1.29 is 24.2 Å². The monoisotopic (exact) mass is 488 g/mol. The van der Waals surface area contributed by atoms with Crippen molar-refractivity contribution in [2.24, 2.45) is 0 Å². The van der Waals surface area contributed by atoms with Crippen molar-refractivity contribution in [1.82, 2.24) is 4.90 Å². The first kappa shape index (κ1) is 23.0. The first-order valence-corrected chi connectivity index (χ1v) is 12.4. The minimum absolute atomic E-state index is 0.0227. The van der Waals surface area contributed by atoms with Gasteiger partial charge in [-0.05, 0) is 46.5 Å². The SMILES string of the molecule is O=C(Nc1ccc(C(=O)N2CCSC(C(=O)O)C2)cc1)OCC1c2ccccc2-c2ccccc21. The lowest BCUT2D eigenvalue weighted by Gasteiger charge is -2.30. The number of carbonyl (C=O) groups is 3. The molecule has 7 nitrogen and oxygen atoms in total. The average Bonchev–Trinajstić information content (AvgIpc) is 3.21. The zero-order valence-electron chi connectivity index (χ0n) is 18.8. The number of amides is 2. The van der Waals surface area contributed by atoms with Crippen LogP contribution in [0.1, 0.15) is 27.4 Å². The van der Waals surface area contributed by atoms with Gasteiger partial charge >= 0.3 is 12.1 Å². The van der Waals surface area contributed by atoms with Gasteiger partial charge in [0, 0.05) is 36.0 Å². The second-order valence-corrected chi connectivity index (χ2v) is 9.79. The Labute approximate surface area is 207 Å². The molecule has 2 aliphatic rings. The number of carboxylic acid groups (broad SMARTS) is 1. The van der Waals surface area contributed by atoms with Gasteiger partial charge in [-0.3, -0.25) is 14.9 Å². The third kappa shape index (κ3) is 4.74. The molecule has 0 spiro atoms. The van der Waals surface area contributed by atoms with Gasteiger partial charge in [-0.2, -0.15) is 0 Å². The summed E-state index contributed by atoms with van der Waals surface area (Å²) >= 11 is 1.35. The van der Waals surface area contributed by atoms with E-state index < -0.39 is 17.3 Å². The van der Waals surface area contributed by atoms with Crippen LogP contribution < -0.4 is 5.32 Å². The van der Waals surface area contributed by atoms with Crippen LogP contribution in [0.4, 0.5) is 10.5 Å². The highest BCUT2D eigenvalue weighted by atomic mass is 32.2. The van der Waals surface area contributed by atoms with Crippen LogP contribution in [-0.2, 0) is 9.53 Å². The topological polar surface area (TPSA) is 95.9 Å². The van der Waals surface area contributed by atoms with Gasteiger partial charge < -0.3 is 14.7 Å². The van der Waals surface area contributed by atoms with Crippen LogP contribution in [0.15, 0.2) is 72.8 Å². The average molecular weight is 489 g/mol. The van der Waals surface area contributed by atoms with E-state index in [4.69, 9.17) is 4.74 Å². The predicted octanol–water partition coefficient (Wildman–Crippen LogP) is 4.69. The van der Waals surface area contributed by atoms with E-state index in [2.05, 4.69) is 29.6 Å². The van der Waals surface area contributed by atoms with Crippen molar-refractivity contribution in [3.05, 3.63) is 89.5 Å². The van der Waals surface area contributed by atoms with Gasteiger partial charge in [0.2, 0.25) is 0 Å². The molecule has 5 rings (SSSR count). The van der Waals surface area contributed by atoms with E-state index >= 15 is 0 Å². The van der Waals surface area contributed by atoms with Gasteiger partial charge in [0.1, 0.15) is 11.9 Å². The number of ether oxygens (including phenoxy) is 1. The summed E-state index contributed by atoms with van der Waals surface area (Å²) in [4.78, 5) is 38.1. The first-order valence-electron chi connectivity index (χ1n) is 11.4. The molecule has 178 valence electrons. The molecule has 1 aliphatic carbocycles. The summed E-state index contributed by atoms with van der Waals surface area (Å²) in [6.07, 6.45) is -0.566. The molecule has 0 saturated carbocycles. The van der Waals surface area contributed by atoms with E-state index in [1.54, 1.807) is 29.2 Å². The van der Waals surface area contributed by atoms with Crippen LogP contribution in [0.3, 0.4) is 0 Å². The summed E-state index contributed by atoms with van der Waals surface area (Å²) in [5, 5.41) is 11.3. The van der Waals surface area contributed by atoms with Crippen molar-refractivity contribution in [3.8, 4) is 11.1 Å². The van der Waals surface area contributed by atoms with E-state index in [1.807, 2.05) is 24.3 Å². The molecule has 1 fully saturated rings. The zero-order valence-corrected chi connectivity index (χ0v) is 19.7. The van der Waals surface area contributed by atoms with Crippen molar-refractivity contribution in [3.63, 3.8) is 0 Å². The maximum atomic E-state index is 12.8. The fourth-order valence-corrected chi connectivity index (χ4v) is 5.65. The highest BCUT2D eigenvalue weighted by Gasteiger charge is 2.30. The standard InChI is InChI=1S/C27H24N2O5S/c30-25(29-13-14-35-24(15-29)26(31)32)17-9-11-18(12-10-17)28-27(33)34-16-23-21-7-3-1-5-19(21)20-6-2-4-8-22(20)23/h1-12,23-24H,13-16H2,(H,28,33)(H,31,32). The number of hydrogen-bond acceptors (Lipinski definition) is 5. The minimum Gasteiger partial charge on any atom is -0.480 e. The molecule has 3 aromatic rings. The Balaban J connectivity index is 1.19. The molecule has 1 saturated heterocycles. The van der Waals surface area contributed by atoms with Crippen LogP contribution in [0, 0.1) is 0 Å².